The predicted octanol–water partition coefficient (Wildman–Crippen LogP) is 9.83. The van der Waals surface area contributed by atoms with Gasteiger partial charge in [0.05, 0.1) is 5.69 Å². The third kappa shape index (κ3) is 4.25. The molecule has 0 heterocycles. The molecule has 5 rings (SSSR count). The maximum Gasteiger partial charge on any atom is 0.0546 e. The number of rotatable bonds is 5. The molecule has 0 saturated heterocycles. The minimum Gasteiger partial charge on any atom is -0.310 e. The number of benzene rings is 5. The lowest BCUT2D eigenvalue weighted by Crippen LogP contribution is -2.10. The molecule has 0 aromatic heterocycles. The Morgan fingerprint density at radius 3 is 1.85 bits per heavy atom. The molecule has 0 amide bonds. The predicted molar refractivity (Wildman–Crippen MR) is 149 cm³/mol. The summed E-state index contributed by atoms with van der Waals surface area (Å²) < 4.78 is 0. The van der Waals surface area contributed by atoms with Crippen LogP contribution >= 0.6 is 0 Å². The van der Waals surface area contributed by atoms with Crippen molar-refractivity contribution in [3.8, 4) is 0 Å². The molecule has 0 bridgehead atoms. The number of para-hydroxylation sites is 1. The average Bonchev–Trinajstić information content (AvgIpc) is 2.88. The molecule has 166 valence electrons. The molecular formula is C33H29N. The van der Waals surface area contributed by atoms with Gasteiger partial charge in [-0.2, -0.15) is 0 Å². The first-order chi connectivity index (χ1) is 16.6. The zero-order valence-corrected chi connectivity index (χ0v) is 20.0. The Labute approximate surface area is 202 Å². The SMILES string of the molecule is CC(C)=C/C=C(\C)c1ccc(N(c2ccccc2)c2cc3ccccc3c3ccccc23)cc1. The highest BCUT2D eigenvalue weighted by Gasteiger charge is 2.17. The van der Waals surface area contributed by atoms with Gasteiger partial charge in [0.15, 0.2) is 0 Å². The van der Waals surface area contributed by atoms with E-state index in [4.69, 9.17) is 0 Å². The van der Waals surface area contributed by atoms with E-state index in [1.165, 1.54) is 43.9 Å². The van der Waals surface area contributed by atoms with Gasteiger partial charge in [0, 0.05) is 16.8 Å². The van der Waals surface area contributed by atoms with Gasteiger partial charge in [0.25, 0.3) is 0 Å². The van der Waals surface area contributed by atoms with Crippen LogP contribution in [0.15, 0.2) is 127 Å². The summed E-state index contributed by atoms with van der Waals surface area (Å²) in [6.07, 6.45) is 4.36. The van der Waals surface area contributed by atoms with E-state index in [1.807, 2.05) is 0 Å². The molecule has 0 aliphatic rings. The summed E-state index contributed by atoms with van der Waals surface area (Å²) in [4.78, 5) is 2.37. The third-order valence-electron chi connectivity index (χ3n) is 6.25. The summed E-state index contributed by atoms with van der Waals surface area (Å²) in [5.74, 6) is 0. The van der Waals surface area contributed by atoms with Crippen molar-refractivity contribution < 1.29 is 0 Å². The van der Waals surface area contributed by atoms with E-state index in [2.05, 4.69) is 147 Å². The van der Waals surface area contributed by atoms with E-state index in [0.29, 0.717) is 0 Å². The van der Waals surface area contributed by atoms with Gasteiger partial charge in [0.1, 0.15) is 0 Å². The van der Waals surface area contributed by atoms with Crippen LogP contribution in [-0.4, -0.2) is 0 Å². The third-order valence-corrected chi connectivity index (χ3v) is 6.25. The van der Waals surface area contributed by atoms with Gasteiger partial charge >= 0.3 is 0 Å². The van der Waals surface area contributed by atoms with Crippen molar-refractivity contribution in [2.24, 2.45) is 0 Å². The first-order valence-corrected chi connectivity index (χ1v) is 11.8. The summed E-state index contributed by atoms with van der Waals surface area (Å²) in [7, 11) is 0. The quantitative estimate of drug-likeness (QED) is 0.194. The largest absolute Gasteiger partial charge is 0.310 e. The Hall–Kier alpha value is -4.10. The maximum atomic E-state index is 2.37. The summed E-state index contributed by atoms with van der Waals surface area (Å²) in [5.41, 5.74) is 7.27. The van der Waals surface area contributed by atoms with Crippen LogP contribution in [0.5, 0.6) is 0 Å². The monoisotopic (exact) mass is 439 g/mol. The van der Waals surface area contributed by atoms with Gasteiger partial charge in [-0.25, -0.2) is 0 Å². The van der Waals surface area contributed by atoms with Crippen LogP contribution in [-0.2, 0) is 0 Å². The maximum absolute atomic E-state index is 2.37. The van der Waals surface area contributed by atoms with Crippen molar-refractivity contribution >= 4 is 44.2 Å². The zero-order valence-electron chi connectivity index (χ0n) is 20.0. The van der Waals surface area contributed by atoms with E-state index < -0.39 is 0 Å². The summed E-state index contributed by atoms with van der Waals surface area (Å²) in [6.45, 7) is 6.41. The number of anilines is 3. The molecule has 0 aliphatic heterocycles. The smallest absolute Gasteiger partial charge is 0.0546 e. The standard InChI is InChI=1S/C33H29N/c1-24(2)17-18-25(3)26-19-21-29(22-20-26)34(28-12-5-4-6-13-28)33-23-27-11-7-8-14-30(27)31-15-9-10-16-32(31)33/h4-23H,1-3H3/b25-18+. The van der Waals surface area contributed by atoms with Crippen LogP contribution in [0.4, 0.5) is 17.1 Å². The van der Waals surface area contributed by atoms with Crippen LogP contribution in [0.1, 0.15) is 26.3 Å². The molecule has 0 atom stereocenters. The molecule has 1 nitrogen and oxygen atoms in total. The van der Waals surface area contributed by atoms with Crippen LogP contribution in [0.2, 0.25) is 0 Å². The van der Waals surface area contributed by atoms with Crippen LogP contribution in [0.25, 0.3) is 27.1 Å². The lowest BCUT2D eigenvalue weighted by molar-refractivity contribution is 1.30. The fraction of sp³-hybridized carbons (Fsp3) is 0.0909. The van der Waals surface area contributed by atoms with Crippen molar-refractivity contribution in [3.05, 3.63) is 132 Å². The Kier molecular flexibility index (Phi) is 6.01. The second-order valence-electron chi connectivity index (χ2n) is 8.97. The van der Waals surface area contributed by atoms with E-state index in [-0.39, 0.29) is 0 Å². The molecule has 0 N–H and O–H groups in total. The van der Waals surface area contributed by atoms with Crippen molar-refractivity contribution in [1.82, 2.24) is 0 Å². The highest BCUT2D eigenvalue weighted by Crippen LogP contribution is 2.41. The molecule has 5 aromatic carbocycles. The topological polar surface area (TPSA) is 3.24 Å². The number of allylic oxidation sites excluding steroid dienone is 4. The number of hydrogen-bond donors (Lipinski definition) is 0. The van der Waals surface area contributed by atoms with E-state index in [9.17, 15) is 0 Å². The van der Waals surface area contributed by atoms with E-state index in [1.54, 1.807) is 0 Å². The van der Waals surface area contributed by atoms with Gasteiger partial charge in [-0.05, 0) is 78.4 Å². The van der Waals surface area contributed by atoms with Crippen molar-refractivity contribution in [2.75, 3.05) is 4.90 Å². The van der Waals surface area contributed by atoms with Crippen molar-refractivity contribution in [1.29, 1.82) is 0 Å². The van der Waals surface area contributed by atoms with Gasteiger partial charge in [0.2, 0.25) is 0 Å². The highest BCUT2D eigenvalue weighted by molar-refractivity contribution is 6.14. The minimum atomic E-state index is 1.14. The molecule has 0 spiro atoms. The molecule has 1 heteroatoms. The van der Waals surface area contributed by atoms with Gasteiger partial charge < -0.3 is 4.90 Å². The minimum absolute atomic E-state index is 1.14. The number of nitrogens with zero attached hydrogens (tertiary/aromatic N) is 1. The fourth-order valence-corrected chi connectivity index (χ4v) is 4.49. The number of hydrogen-bond acceptors (Lipinski definition) is 1. The molecule has 0 saturated carbocycles. The molecule has 5 aromatic rings. The van der Waals surface area contributed by atoms with Crippen molar-refractivity contribution in [3.63, 3.8) is 0 Å². The van der Waals surface area contributed by atoms with Gasteiger partial charge in [-0.1, -0.05) is 96.6 Å². The normalized spacial score (nSPS) is 11.6. The molecular weight excluding hydrogens is 410 g/mol. The first-order valence-electron chi connectivity index (χ1n) is 11.8. The summed E-state index contributed by atoms with van der Waals surface area (Å²) in [6, 6.07) is 39.2. The fourth-order valence-electron chi connectivity index (χ4n) is 4.49. The van der Waals surface area contributed by atoms with Gasteiger partial charge in [-0.15, -0.1) is 0 Å². The second-order valence-corrected chi connectivity index (χ2v) is 8.97. The lowest BCUT2D eigenvalue weighted by Gasteiger charge is -2.27. The Balaban J connectivity index is 1.70. The van der Waals surface area contributed by atoms with Gasteiger partial charge in [-0.3, -0.25) is 0 Å². The molecule has 0 radical (unpaired) electrons. The van der Waals surface area contributed by atoms with Crippen molar-refractivity contribution in [2.45, 2.75) is 20.8 Å². The first kappa shape index (κ1) is 21.7. The Bertz CT molecular complexity index is 1500. The molecule has 0 aliphatic carbocycles. The molecule has 0 unspecified atom stereocenters. The average molecular weight is 440 g/mol. The lowest BCUT2D eigenvalue weighted by atomic mass is 9.98. The summed E-state index contributed by atoms with van der Waals surface area (Å²) in [5, 5.41) is 5.04. The number of fused-ring (bicyclic) bond motifs is 3. The van der Waals surface area contributed by atoms with E-state index in [0.717, 1.165) is 11.4 Å². The Morgan fingerprint density at radius 2 is 1.15 bits per heavy atom. The van der Waals surface area contributed by atoms with Crippen LogP contribution < -0.4 is 4.90 Å². The second kappa shape index (κ2) is 9.41. The van der Waals surface area contributed by atoms with Crippen LogP contribution in [0.3, 0.4) is 0 Å². The Morgan fingerprint density at radius 1 is 0.559 bits per heavy atom. The van der Waals surface area contributed by atoms with E-state index >= 15 is 0 Å². The molecule has 0 fully saturated rings. The molecule has 34 heavy (non-hydrogen) atoms. The highest BCUT2D eigenvalue weighted by atomic mass is 15.1. The summed E-state index contributed by atoms with van der Waals surface area (Å²) >= 11 is 0. The van der Waals surface area contributed by atoms with Crippen LogP contribution in [0, 0.1) is 0 Å². The zero-order chi connectivity index (χ0) is 23.5.